The van der Waals surface area contributed by atoms with E-state index in [4.69, 9.17) is 0 Å². The molecule has 0 spiro atoms. The minimum atomic E-state index is -1.06. The minimum absolute atomic E-state index is 0.0325. The SMILES string of the molecule is CNCCC(O)C(O)c1ccc([N+](=O)[O-])s1. The third-order valence-electron chi connectivity index (χ3n) is 2.14. The van der Waals surface area contributed by atoms with E-state index >= 15 is 0 Å². The molecule has 0 bridgehead atoms. The molecule has 3 N–H and O–H groups in total. The monoisotopic (exact) mass is 246 g/mol. The molecule has 0 aliphatic heterocycles. The van der Waals surface area contributed by atoms with Crippen molar-refractivity contribution in [3.8, 4) is 0 Å². The molecular formula is C9H14N2O4S. The highest BCUT2D eigenvalue weighted by atomic mass is 32.1. The van der Waals surface area contributed by atoms with Crippen molar-refractivity contribution in [2.75, 3.05) is 13.6 Å². The minimum Gasteiger partial charge on any atom is -0.390 e. The van der Waals surface area contributed by atoms with Gasteiger partial charge in [0.2, 0.25) is 0 Å². The first-order chi connectivity index (χ1) is 7.56. The smallest absolute Gasteiger partial charge is 0.324 e. The number of thiophene rings is 1. The molecule has 1 rings (SSSR count). The van der Waals surface area contributed by atoms with E-state index in [0.29, 0.717) is 17.8 Å². The van der Waals surface area contributed by atoms with Crippen LogP contribution in [0.5, 0.6) is 0 Å². The maximum Gasteiger partial charge on any atom is 0.324 e. The van der Waals surface area contributed by atoms with Gasteiger partial charge in [0.15, 0.2) is 0 Å². The summed E-state index contributed by atoms with van der Waals surface area (Å²) >= 11 is 0.881. The van der Waals surface area contributed by atoms with Gasteiger partial charge in [-0.25, -0.2) is 0 Å². The van der Waals surface area contributed by atoms with Crippen LogP contribution >= 0.6 is 11.3 Å². The number of nitrogens with one attached hydrogen (secondary N) is 1. The second kappa shape index (κ2) is 5.90. The maximum absolute atomic E-state index is 10.4. The average Bonchev–Trinajstić information content (AvgIpc) is 2.74. The second-order valence-corrected chi connectivity index (χ2v) is 4.43. The Morgan fingerprint density at radius 1 is 1.56 bits per heavy atom. The van der Waals surface area contributed by atoms with Gasteiger partial charge in [0.05, 0.1) is 11.0 Å². The summed E-state index contributed by atoms with van der Waals surface area (Å²) in [6.07, 6.45) is -1.58. The van der Waals surface area contributed by atoms with E-state index in [1.54, 1.807) is 7.05 Å². The quantitative estimate of drug-likeness (QED) is 0.506. The molecule has 2 atom stereocenters. The van der Waals surface area contributed by atoms with Crippen LogP contribution in [-0.4, -0.2) is 34.8 Å². The molecular weight excluding hydrogens is 232 g/mol. The van der Waals surface area contributed by atoms with Crippen LogP contribution in [0.15, 0.2) is 12.1 Å². The van der Waals surface area contributed by atoms with Crippen molar-refractivity contribution in [1.29, 1.82) is 0 Å². The highest BCUT2D eigenvalue weighted by Gasteiger charge is 2.22. The van der Waals surface area contributed by atoms with E-state index in [-0.39, 0.29) is 5.00 Å². The lowest BCUT2D eigenvalue weighted by Crippen LogP contribution is -2.22. The Morgan fingerprint density at radius 3 is 2.75 bits per heavy atom. The molecule has 90 valence electrons. The van der Waals surface area contributed by atoms with Crippen molar-refractivity contribution in [1.82, 2.24) is 5.32 Å². The Balaban J connectivity index is 2.64. The first-order valence-corrected chi connectivity index (χ1v) is 5.62. The van der Waals surface area contributed by atoms with Crippen LogP contribution < -0.4 is 5.32 Å². The first-order valence-electron chi connectivity index (χ1n) is 4.81. The van der Waals surface area contributed by atoms with E-state index in [2.05, 4.69) is 5.32 Å². The van der Waals surface area contributed by atoms with Gasteiger partial charge >= 0.3 is 5.00 Å². The van der Waals surface area contributed by atoms with E-state index < -0.39 is 17.1 Å². The molecule has 16 heavy (non-hydrogen) atoms. The third kappa shape index (κ3) is 3.24. The van der Waals surface area contributed by atoms with Crippen LogP contribution in [0, 0.1) is 10.1 Å². The van der Waals surface area contributed by atoms with Gasteiger partial charge in [-0.3, -0.25) is 10.1 Å². The summed E-state index contributed by atoms with van der Waals surface area (Å²) in [6.45, 7) is 0.575. The zero-order chi connectivity index (χ0) is 12.1. The fraction of sp³-hybridized carbons (Fsp3) is 0.556. The Kier molecular flexibility index (Phi) is 4.81. The number of hydrogen-bond acceptors (Lipinski definition) is 6. The zero-order valence-electron chi connectivity index (χ0n) is 8.79. The van der Waals surface area contributed by atoms with Crippen LogP contribution in [0.1, 0.15) is 17.4 Å². The number of rotatable bonds is 6. The number of hydrogen-bond donors (Lipinski definition) is 3. The predicted molar refractivity (Wildman–Crippen MR) is 60.5 cm³/mol. The van der Waals surface area contributed by atoms with Crippen molar-refractivity contribution in [3.05, 3.63) is 27.1 Å². The summed E-state index contributed by atoms with van der Waals surface area (Å²) in [6, 6.07) is 2.80. The van der Waals surface area contributed by atoms with Crippen molar-refractivity contribution in [2.45, 2.75) is 18.6 Å². The Morgan fingerprint density at radius 2 is 2.25 bits per heavy atom. The highest BCUT2D eigenvalue weighted by molar-refractivity contribution is 7.15. The van der Waals surface area contributed by atoms with Gasteiger partial charge in [-0.15, -0.1) is 0 Å². The van der Waals surface area contributed by atoms with Gasteiger partial charge in [-0.2, -0.15) is 0 Å². The van der Waals surface area contributed by atoms with E-state index in [1.165, 1.54) is 12.1 Å². The number of nitro groups is 1. The van der Waals surface area contributed by atoms with Crippen LogP contribution in [0.2, 0.25) is 0 Å². The van der Waals surface area contributed by atoms with Crippen molar-refractivity contribution < 1.29 is 15.1 Å². The lowest BCUT2D eigenvalue weighted by molar-refractivity contribution is -0.380. The fourth-order valence-electron chi connectivity index (χ4n) is 1.24. The summed E-state index contributed by atoms with van der Waals surface area (Å²) in [5.41, 5.74) is 0. The summed E-state index contributed by atoms with van der Waals surface area (Å²) < 4.78 is 0. The Hall–Kier alpha value is -1.02. The molecule has 0 aliphatic carbocycles. The van der Waals surface area contributed by atoms with Gasteiger partial charge < -0.3 is 15.5 Å². The molecule has 1 aromatic heterocycles. The van der Waals surface area contributed by atoms with Gasteiger partial charge in [0.25, 0.3) is 0 Å². The first kappa shape index (κ1) is 13.0. The molecule has 1 aromatic rings. The molecule has 0 fully saturated rings. The lowest BCUT2D eigenvalue weighted by Gasteiger charge is -2.15. The summed E-state index contributed by atoms with van der Waals surface area (Å²) in [5, 5.41) is 32.6. The zero-order valence-corrected chi connectivity index (χ0v) is 9.61. The van der Waals surface area contributed by atoms with Gasteiger partial charge in [-0.05, 0) is 26.1 Å². The van der Waals surface area contributed by atoms with Crippen LogP contribution in [0.3, 0.4) is 0 Å². The van der Waals surface area contributed by atoms with E-state index in [1.807, 2.05) is 0 Å². The molecule has 0 aromatic carbocycles. The van der Waals surface area contributed by atoms with Crippen molar-refractivity contribution >= 4 is 16.3 Å². The largest absolute Gasteiger partial charge is 0.390 e. The summed E-state index contributed by atoms with van der Waals surface area (Å²) in [7, 11) is 1.75. The van der Waals surface area contributed by atoms with Crippen LogP contribution in [-0.2, 0) is 0 Å². The van der Waals surface area contributed by atoms with E-state index in [0.717, 1.165) is 11.3 Å². The molecule has 0 saturated carbocycles. The molecule has 2 unspecified atom stereocenters. The number of aliphatic hydroxyl groups is 2. The number of aliphatic hydroxyl groups excluding tert-OH is 2. The Labute approximate surface area is 96.7 Å². The average molecular weight is 246 g/mol. The van der Waals surface area contributed by atoms with Gasteiger partial charge in [-0.1, -0.05) is 11.3 Å². The standard InChI is InChI=1S/C9H14N2O4S/c1-10-5-4-6(12)9(13)7-2-3-8(16-7)11(14)15/h2-3,6,9-10,12-13H,4-5H2,1H3. The Bertz CT molecular complexity index is 355. The molecule has 0 saturated heterocycles. The van der Waals surface area contributed by atoms with Crippen LogP contribution in [0.4, 0.5) is 5.00 Å². The third-order valence-corrected chi connectivity index (χ3v) is 3.25. The lowest BCUT2D eigenvalue weighted by atomic mass is 10.1. The van der Waals surface area contributed by atoms with Gasteiger partial charge in [0, 0.05) is 10.9 Å². The number of nitrogens with zero attached hydrogens (tertiary/aromatic N) is 1. The maximum atomic E-state index is 10.4. The molecule has 1 heterocycles. The summed E-state index contributed by atoms with van der Waals surface area (Å²) in [4.78, 5) is 10.3. The molecule has 0 amide bonds. The van der Waals surface area contributed by atoms with Gasteiger partial charge in [0.1, 0.15) is 6.10 Å². The molecule has 7 heteroatoms. The van der Waals surface area contributed by atoms with E-state index in [9.17, 15) is 20.3 Å². The topological polar surface area (TPSA) is 95.6 Å². The highest BCUT2D eigenvalue weighted by Crippen LogP contribution is 2.30. The summed E-state index contributed by atoms with van der Waals surface area (Å²) in [5.74, 6) is 0. The van der Waals surface area contributed by atoms with Crippen molar-refractivity contribution in [3.63, 3.8) is 0 Å². The molecule has 0 aliphatic rings. The van der Waals surface area contributed by atoms with Crippen LogP contribution in [0.25, 0.3) is 0 Å². The predicted octanol–water partition coefficient (Wildman–Crippen LogP) is 0.660. The molecule has 0 radical (unpaired) electrons. The van der Waals surface area contributed by atoms with Crippen molar-refractivity contribution in [2.24, 2.45) is 0 Å². The molecule has 6 nitrogen and oxygen atoms in total. The second-order valence-electron chi connectivity index (χ2n) is 3.34. The normalized spacial score (nSPS) is 14.7. The fourth-order valence-corrected chi connectivity index (χ4v) is 2.11.